The number of benzene rings is 1. The Morgan fingerprint density at radius 1 is 1.23 bits per heavy atom. The SMILES string of the molecule is CC(C)N(C(=O)CN1C(=O)N[C@]2(CCOc3ccccc32)C1=O)C(C)C. The summed E-state index contributed by atoms with van der Waals surface area (Å²) in [4.78, 5) is 41.1. The van der Waals surface area contributed by atoms with Gasteiger partial charge in [0.15, 0.2) is 5.54 Å². The van der Waals surface area contributed by atoms with E-state index >= 15 is 0 Å². The fourth-order valence-corrected chi connectivity index (χ4v) is 3.90. The number of nitrogens with one attached hydrogen (secondary N) is 1. The summed E-state index contributed by atoms with van der Waals surface area (Å²) in [7, 11) is 0. The number of imide groups is 1. The van der Waals surface area contributed by atoms with E-state index in [9.17, 15) is 14.4 Å². The topological polar surface area (TPSA) is 79.0 Å². The van der Waals surface area contributed by atoms with Crippen LogP contribution in [0.5, 0.6) is 5.75 Å². The Bertz CT molecular complexity index is 738. The Kier molecular flexibility index (Phi) is 4.64. The summed E-state index contributed by atoms with van der Waals surface area (Å²) in [5.41, 5.74) is -0.503. The van der Waals surface area contributed by atoms with Gasteiger partial charge in [-0.05, 0) is 33.8 Å². The number of nitrogens with zero attached hydrogens (tertiary/aromatic N) is 2. The second-order valence-corrected chi connectivity index (χ2v) is 7.31. The lowest BCUT2D eigenvalue weighted by Gasteiger charge is -2.34. The zero-order valence-corrected chi connectivity index (χ0v) is 15.6. The lowest BCUT2D eigenvalue weighted by molar-refractivity contribution is -0.141. The Balaban J connectivity index is 1.88. The average Bonchev–Trinajstić information content (AvgIpc) is 2.79. The second-order valence-electron chi connectivity index (χ2n) is 7.31. The normalized spacial score (nSPS) is 21.8. The standard InChI is InChI=1S/C19H25N3O4/c1-12(2)22(13(3)4)16(23)11-21-17(24)19(20-18(21)25)9-10-26-15-8-6-5-7-14(15)19/h5-8,12-13H,9-11H2,1-4H3,(H,20,25)/t19-/m0/s1. The molecule has 0 saturated carbocycles. The van der Waals surface area contributed by atoms with Crippen molar-refractivity contribution in [1.82, 2.24) is 15.1 Å². The van der Waals surface area contributed by atoms with Crippen molar-refractivity contribution < 1.29 is 19.1 Å². The van der Waals surface area contributed by atoms with Gasteiger partial charge < -0.3 is 15.0 Å². The molecule has 0 radical (unpaired) electrons. The van der Waals surface area contributed by atoms with Crippen LogP contribution in [0.2, 0.25) is 0 Å². The predicted octanol–water partition coefficient (Wildman–Crippen LogP) is 1.86. The smallest absolute Gasteiger partial charge is 0.325 e. The molecule has 0 aliphatic carbocycles. The van der Waals surface area contributed by atoms with Gasteiger partial charge in [-0.15, -0.1) is 0 Å². The molecule has 2 aliphatic rings. The molecule has 1 spiro atoms. The van der Waals surface area contributed by atoms with Gasteiger partial charge in [0.05, 0.1) is 6.61 Å². The van der Waals surface area contributed by atoms with Crippen LogP contribution in [0.1, 0.15) is 39.7 Å². The molecule has 1 saturated heterocycles. The van der Waals surface area contributed by atoms with Crippen LogP contribution < -0.4 is 10.1 Å². The Labute approximate surface area is 153 Å². The van der Waals surface area contributed by atoms with Crippen molar-refractivity contribution in [2.75, 3.05) is 13.2 Å². The number of rotatable bonds is 4. The molecular weight excluding hydrogens is 334 g/mol. The highest BCUT2D eigenvalue weighted by molar-refractivity contribution is 6.09. The lowest BCUT2D eigenvalue weighted by atomic mass is 9.84. The molecule has 7 nitrogen and oxygen atoms in total. The molecular formula is C19H25N3O4. The maximum atomic E-state index is 13.2. The van der Waals surface area contributed by atoms with Crippen LogP contribution in [0.3, 0.4) is 0 Å². The van der Waals surface area contributed by atoms with Crippen molar-refractivity contribution in [3.05, 3.63) is 29.8 Å². The van der Waals surface area contributed by atoms with Crippen molar-refractivity contribution in [2.45, 2.75) is 51.7 Å². The van der Waals surface area contributed by atoms with E-state index in [2.05, 4.69) is 5.32 Å². The van der Waals surface area contributed by atoms with E-state index in [1.54, 1.807) is 17.0 Å². The van der Waals surface area contributed by atoms with Gasteiger partial charge in [-0.3, -0.25) is 14.5 Å². The summed E-state index contributed by atoms with van der Waals surface area (Å²) in [6, 6.07) is 6.63. The summed E-state index contributed by atoms with van der Waals surface area (Å²) in [5.74, 6) is -0.0403. The van der Waals surface area contributed by atoms with Gasteiger partial charge in [0.2, 0.25) is 5.91 Å². The minimum atomic E-state index is -1.15. The fraction of sp³-hybridized carbons (Fsp3) is 0.526. The summed E-state index contributed by atoms with van der Waals surface area (Å²) in [5, 5.41) is 2.81. The van der Waals surface area contributed by atoms with Gasteiger partial charge in [-0.1, -0.05) is 18.2 Å². The van der Waals surface area contributed by atoms with Gasteiger partial charge in [0, 0.05) is 24.1 Å². The highest BCUT2D eigenvalue weighted by Gasteiger charge is 2.55. The highest BCUT2D eigenvalue weighted by atomic mass is 16.5. The van der Waals surface area contributed by atoms with E-state index < -0.39 is 11.6 Å². The number of para-hydroxylation sites is 1. The number of carbonyl (C=O) groups is 3. The molecule has 0 unspecified atom stereocenters. The third-order valence-corrected chi connectivity index (χ3v) is 4.95. The van der Waals surface area contributed by atoms with Crippen LogP contribution in [0.25, 0.3) is 0 Å². The molecule has 0 bridgehead atoms. The van der Waals surface area contributed by atoms with E-state index in [1.165, 1.54) is 0 Å². The number of ether oxygens (including phenoxy) is 1. The van der Waals surface area contributed by atoms with Gasteiger partial charge in [-0.25, -0.2) is 4.79 Å². The first kappa shape index (κ1) is 18.2. The van der Waals surface area contributed by atoms with Crippen LogP contribution in [-0.4, -0.2) is 52.9 Å². The average molecular weight is 359 g/mol. The molecule has 1 aromatic carbocycles. The van der Waals surface area contributed by atoms with Crippen LogP contribution >= 0.6 is 0 Å². The molecule has 1 N–H and O–H groups in total. The van der Waals surface area contributed by atoms with Gasteiger partial charge in [0.1, 0.15) is 12.3 Å². The highest BCUT2D eigenvalue weighted by Crippen LogP contribution is 2.40. The van der Waals surface area contributed by atoms with Crippen molar-refractivity contribution >= 4 is 17.8 Å². The summed E-state index contributed by atoms with van der Waals surface area (Å²) >= 11 is 0. The van der Waals surface area contributed by atoms with E-state index in [1.807, 2.05) is 39.8 Å². The molecule has 7 heteroatoms. The molecule has 26 heavy (non-hydrogen) atoms. The monoisotopic (exact) mass is 359 g/mol. The van der Waals surface area contributed by atoms with Crippen molar-refractivity contribution in [3.63, 3.8) is 0 Å². The number of hydrogen-bond acceptors (Lipinski definition) is 4. The fourth-order valence-electron chi connectivity index (χ4n) is 3.90. The summed E-state index contributed by atoms with van der Waals surface area (Å²) in [6.45, 7) is 7.74. The first-order valence-corrected chi connectivity index (χ1v) is 8.95. The number of fused-ring (bicyclic) bond motifs is 2. The van der Waals surface area contributed by atoms with Gasteiger partial charge in [0.25, 0.3) is 5.91 Å². The zero-order chi connectivity index (χ0) is 19.1. The number of amides is 4. The summed E-state index contributed by atoms with van der Waals surface area (Å²) in [6.07, 6.45) is 0.345. The Hall–Kier alpha value is -2.57. The zero-order valence-electron chi connectivity index (χ0n) is 15.6. The van der Waals surface area contributed by atoms with E-state index in [0.717, 1.165) is 4.90 Å². The van der Waals surface area contributed by atoms with Crippen LogP contribution in [-0.2, 0) is 15.1 Å². The van der Waals surface area contributed by atoms with Crippen molar-refractivity contribution in [2.24, 2.45) is 0 Å². The minimum Gasteiger partial charge on any atom is -0.493 e. The summed E-state index contributed by atoms with van der Waals surface area (Å²) < 4.78 is 5.61. The molecule has 2 heterocycles. The maximum Gasteiger partial charge on any atom is 0.325 e. The number of carbonyl (C=O) groups excluding carboxylic acids is 3. The van der Waals surface area contributed by atoms with E-state index in [4.69, 9.17) is 4.74 Å². The molecule has 140 valence electrons. The first-order chi connectivity index (χ1) is 12.3. The first-order valence-electron chi connectivity index (χ1n) is 8.95. The molecule has 2 aliphatic heterocycles. The molecule has 1 aromatic rings. The molecule has 1 fully saturated rings. The minimum absolute atomic E-state index is 0.0129. The van der Waals surface area contributed by atoms with Crippen molar-refractivity contribution in [1.29, 1.82) is 0 Å². The van der Waals surface area contributed by atoms with Crippen LogP contribution in [0.15, 0.2) is 24.3 Å². The van der Waals surface area contributed by atoms with E-state index in [-0.39, 0.29) is 30.4 Å². The van der Waals surface area contributed by atoms with Crippen LogP contribution in [0.4, 0.5) is 4.79 Å². The molecule has 1 atom stereocenters. The van der Waals surface area contributed by atoms with Crippen molar-refractivity contribution in [3.8, 4) is 5.75 Å². The predicted molar refractivity (Wildman–Crippen MR) is 95.6 cm³/mol. The van der Waals surface area contributed by atoms with Gasteiger partial charge >= 0.3 is 6.03 Å². The third-order valence-electron chi connectivity index (χ3n) is 4.95. The molecule has 0 aromatic heterocycles. The maximum absolute atomic E-state index is 13.2. The van der Waals surface area contributed by atoms with E-state index in [0.29, 0.717) is 24.3 Å². The lowest BCUT2D eigenvalue weighted by Crippen LogP contribution is -2.50. The number of hydrogen-bond donors (Lipinski definition) is 1. The number of urea groups is 1. The third kappa shape index (κ3) is 2.81. The molecule has 3 rings (SSSR count). The van der Waals surface area contributed by atoms with Crippen LogP contribution in [0, 0.1) is 0 Å². The molecule has 4 amide bonds. The Morgan fingerprint density at radius 2 is 1.88 bits per heavy atom. The largest absolute Gasteiger partial charge is 0.493 e. The quantitative estimate of drug-likeness (QED) is 0.833. The second kappa shape index (κ2) is 6.63. The van der Waals surface area contributed by atoms with Gasteiger partial charge in [-0.2, -0.15) is 0 Å². The Morgan fingerprint density at radius 3 is 2.54 bits per heavy atom.